The summed E-state index contributed by atoms with van der Waals surface area (Å²) in [5, 5.41) is 0.501. The number of benzene rings is 2. The van der Waals surface area contributed by atoms with Crippen molar-refractivity contribution in [3.8, 4) is 0 Å². The normalized spacial score (nSPS) is 12.4. The number of nitrogens with one attached hydrogen (secondary N) is 1. The van der Waals surface area contributed by atoms with Crippen LogP contribution in [-0.2, 0) is 26.0 Å². The molecule has 0 bridgehead atoms. The van der Waals surface area contributed by atoms with Crippen LogP contribution in [0.4, 0.5) is 0 Å². The molecule has 1 atom stereocenters. The number of carbonyl (C=O) groups excluding carboxylic acids is 1. The second-order valence-electron chi connectivity index (χ2n) is 8.71. The van der Waals surface area contributed by atoms with Gasteiger partial charge in [0.25, 0.3) is 0 Å². The highest BCUT2D eigenvalue weighted by Crippen LogP contribution is 2.25. The van der Waals surface area contributed by atoms with E-state index in [1.807, 2.05) is 24.3 Å². The van der Waals surface area contributed by atoms with Gasteiger partial charge in [-0.1, -0.05) is 87.7 Å². The molecule has 0 aliphatic rings. The van der Waals surface area contributed by atoms with Gasteiger partial charge in [-0.25, -0.2) is 13.1 Å². The van der Waals surface area contributed by atoms with E-state index in [0.717, 1.165) is 43.2 Å². The molecular weight excluding hydrogens is 470 g/mol. The summed E-state index contributed by atoms with van der Waals surface area (Å²) in [6.45, 7) is 2.21. The van der Waals surface area contributed by atoms with Gasteiger partial charge in [-0.2, -0.15) is 0 Å². The second-order valence-corrected chi connectivity index (χ2v) is 10.9. The molecule has 2 aromatic rings. The van der Waals surface area contributed by atoms with E-state index >= 15 is 0 Å². The van der Waals surface area contributed by atoms with Gasteiger partial charge in [0.2, 0.25) is 10.0 Å². The molecule has 2 rings (SSSR count). The Kier molecular flexibility index (Phi) is 12.7. The van der Waals surface area contributed by atoms with Crippen molar-refractivity contribution in [2.24, 2.45) is 0 Å². The number of hydrogen-bond donors (Lipinski definition) is 1. The molecule has 0 aliphatic heterocycles. The van der Waals surface area contributed by atoms with Crippen molar-refractivity contribution in [3.63, 3.8) is 0 Å². The van der Waals surface area contributed by atoms with Crippen LogP contribution in [0.15, 0.2) is 53.4 Å². The maximum Gasteiger partial charge on any atom is 0.305 e. The molecule has 5 nitrogen and oxygen atoms in total. The zero-order valence-electron chi connectivity index (χ0n) is 20.4. The summed E-state index contributed by atoms with van der Waals surface area (Å²) < 4.78 is 33.7. The predicted octanol–water partition coefficient (Wildman–Crippen LogP) is 7.00. The minimum Gasteiger partial charge on any atom is -0.469 e. The highest BCUT2D eigenvalue weighted by molar-refractivity contribution is 7.89. The maximum atomic E-state index is 13.0. The van der Waals surface area contributed by atoms with Crippen LogP contribution in [0.5, 0.6) is 0 Å². The molecule has 7 heteroatoms. The van der Waals surface area contributed by atoms with Crippen LogP contribution < -0.4 is 4.72 Å². The number of hydrogen-bond acceptors (Lipinski definition) is 4. The van der Waals surface area contributed by atoms with Gasteiger partial charge < -0.3 is 4.74 Å². The number of methoxy groups -OCH3 is 1. The van der Waals surface area contributed by atoms with Gasteiger partial charge in [-0.15, -0.1) is 0 Å². The Bertz CT molecular complexity index is 959. The van der Waals surface area contributed by atoms with Crippen molar-refractivity contribution in [1.82, 2.24) is 4.72 Å². The van der Waals surface area contributed by atoms with Crippen molar-refractivity contribution >= 4 is 27.6 Å². The first-order chi connectivity index (χ1) is 16.4. The van der Waals surface area contributed by atoms with Crippen molar-refractivity contribution in [2.45, 2.75) is 88.5 Å². The summed E-state index contributed by atoms with van der Waals surface area (Å²) in [5.74, 6) is -0.206. The van der Waals surface area contributed by atoms with Crippen LogP contribution in [0, 0.1) is 0 Å². The Labute approximate surface area is 210 Å². The second kappa shape index (κ2) is 15.2. The lowest BCUT2D eigenvalue weighted by Gasteiger charge is -2.20. The van der Waals surface area contributed by atoms with E-state index in [4.69, 9.17) is 16.3 Å². The van der Waals surface area contributed by atoms with Crippen LogP contribution in [0.1, 0.15) is 88.3 Å². The predicted molar refractivity (Wildman–Crippen MR) is 139 cm³/mol. The molecular formula is C27H38ClNO4S. The van der Waals surface area contributed by atoms with Crippen molar-refractivity contribution in [3.05, 3.63) is 64.7 Å². The highest BCUT2D eigenvalue weighted by atomic mass is 35.5. The standard InChI is InChI=1S/C27H38ClNO4S/c1-3-4-5-6-7-8-9-12-26(29-34(31,32)25-20-18-24(28)19-21-25)23-16-14-22(15-17-23)11-10-13-27(30)33-2/h14-21,26,29H,3-13H2,1-2H3. The van der Waals surface area contributed by atoms with E-state index in [1.165, 1.54) is 51.3 Å². The van der Waals surface area contributed by atoms with Crippen LogP contribution in [0.3, 0.4) is 0 Å². The smallest absolute Gasteiger partial charge is 0.305 e. The fourth-order valence-electron chi connectivity index (χ4n) is 3.92. The number of rotatable bonds is 16. The quantitative estimate of drug-likeness (QED) is 0.196. The Morgan fingerprint density at radius 2 is 1.53 bits per heavy atom. The number of aryl methyl sites for hydroxylation is 1. The molecule has 0 saturated heterocycles. The van der Waals surface area contributed by atoms with E-state index in [2.05, 4.69) is 11.6 Å². The van der Waals surface area contributed by atoms with Gasteiger partial charge in [0.1, 0.15) is 0 Å². The molecule has 188 valence electrons. The molecule has 0 radical (unpaired) electrons. The number of esters is 1. The summed E-state index contributed by atoms with van der Waals surface area (Å²) in [7, 11) is -2.28. The Morgan fingerprint density at radius 3 is 2.15 bits per heavy atom. The molecule has 0 spiro atoms. The summed E-state index contributed by atoms with van der Waals surface area (Å²) >= 11 is 5.93. The van der Waals surface area contributed by atoms with E-state index in [0.29, 0.717) is 11.4 Å². The van der Waals surface area contributed by atoms with Crippen molar-refractivity contribution in [1.29, 1.82) is 0 Å². The number of carbonyl (C=O) groups is 1. The first kappa shape index (κ1) is 28.3. The molecule has 2 aromatic carbocycles. The lowest BCUT2D eigenvalue weighted by Crippen LogP contribution is -2.28. The number of ether oxygens (including phenoxy) is 1. The third-order valence-electron chi connectivity index (χ3n) is 5.97. The van der Waals surface area contributed by atoms with Crippen LogP contribution in [-0.4, -0.2) is 21.5 Å². The Hall–Kier alpha value is -1.89. The summed E-state index contributed by atoms with van der Waals surface area (Å²) in [6, 6.07) is 13.9. The SMILES string of the molecule is CCCCCCCCCC(NS(=O)(=O)c1ccc(Cl)cc1)c1ccc(CCCC(=O)OC)cc1. The maximum absolute atomic E-state index is 13.0. The monoisotopic (exact) mass is 507 g/mol. The van der Waals surface area contributed by atoms with Gasteiger partial charge in [0.15, 0.2) is 0 Å². The third kappa shape index (κ3) is 10.2. The summed E-state index contributed by atoms with van der Waals surface area (Å²) in [4.78, 5) is 11.5. The van der Waals surface area contributed by atoms with Gasteiger partial charge in [0.05, 0.1) is 12.0 Å². The van der Waals surface area contributed by atoms with E-state index in [1.54, 1.807) is 12.1 Å². The molecule has 0 amide bonds. The van der Waals surface area contributed by atoms with Crippen LogP contribution in [0.25, 0.3) is 0 Å². The van der Waals surface area contributed by atoms with Gasteiger partial charge >= 0.3 is 5.97 Å². The van der Waals surface area contributed by atoms with E-state index < -0.39 is 10.0 Å². The van der Waals surface area contributed by atoms with Crippen LogP contribution in [0.2, 0.25) is 5.02 Å². The average Bonchev–Trinajstić information content (AvgIpc) is 2.83. The molecule has 0 aromatic heterocycles. The molecule has 0 saturated carbocycles. The fraction of sp³-hybridized carbons (Fsp3) is 0.519. The zero-order valence-corrected chi connectivity index (χ0v) is 22.0. The molecule has 0 heterocycles. The largest absolute Gasteiger partial charge is 0.469 e. The summed E-state index contributed by atoms with van der Waals surface area (Å²) in [5.41, 5.74) is 2.06. The molecule has 1 N–H and O–H groups in total. The lowest BCUT2D eigenvalue weighted by atomic mass is 9.98. The lowest BCUT2D eigenvalue weighted by molar-refractivity contribution is -0.140. The van der Waals surface area contributed by atoms with Crippen molar-refractivity contribution < 1.29 is 17.9 Å². The zero-order chi connectivity index (χ0) is 24.8. The Balaban J connectivity index is 2.05. The topological polar surface area (TPSA) is 72.5 Å². The third-order valence-corrected chi connectivity index (χ3v) is 7.71. The molecule has 0 fully saturated rings. The molecule has 0 aliphatic carbocycles. The average molecular weight is 508 g/mol. The van der Waals surface area contributed by atoms with E-state index in [9.17, 15) is 13.2 Å². The number of halogens is 1. The van der Waals surface area contributed by atoms with Gasteiger partial charge in [0, 0.05) is 17.5 Å². The molecule has 34 heavy (non-hydrogen) atoms. The Morgan fingerprint density at radius 1 is 0.912 bits per heavy atom. The highest BCUT2D eigenvalue weighted by Gasteiger charge is 2.21. The fourth-order valence-corrected chi connectivity index (χ4v) is 5.31. The number of unbranched alkanes of at least 4 members (excludes halogenated alkanes) is 6. The minimum atomic E-state index is -3.68. The van der Waals surface area contributed by atoms with E-state index in [-0.39, 0.29) is 16.9 Å². The van der Waals surface area contributed by atoms with Gasteiger partial charge in [-0.05, 0) is 54.7 Å². The minimum absolute atomic E-state index is 0.206. The first-order valence-corrected chi connectivity index (χ1v) is 14.2. The molecule has 1 unspecified atom stereocenters. The van der Waals surface area contributed by atoms with Crippen molar-refractivity contribution in [2.75, 3.05) is 7.11 Å². The summed E-state index contributed by atoms with van der Waals surface area (Å²) in [6.07, 6.45) is 10.8. The first-order valence-electron chi connectivity index (χ1n) is 12.3. The van der Waals surface area contributed by atoms with Gasteiger partial charge in [-0.3, -0.25) is 4.79 Å². The van der Waals surface area contributed by atoms with Crippen LogP contribution >= 0.6 is 11.6 Å². The number of sulfonamides is 1.